The summed E-state index contributed by atoms with van der Waals surface area (Å²) >= 11 is 0. The average molecular weight is 179 g/mol. The van der Waals surface area contributed by atoms with Crippen molar-refractivity contribution in [3.05, 3.63) is 18.0 Å². The van der Waals surface area contributed by atoms with E-state index in [2.05, 4.69) is 28.1 Å². The molecule has 13 heavy (non-hydrogen) atoms. The lowest BCUT2D eigenvalue weighted by Crippen LogP contribution is -2.44. The summed E-state index contributed by atoms with van der Waals surface area (Å²) in [6, 6.07) is 2.13. The van der Waals surface area contributed by atoms with Crippen LogP contribution in [0.1, 0.15) is 19.0 Å². The monoisotopic (exact) mass is 179 g/mol. The van der Waals surface area contributed by atoms with Crippen LogP contribution in [0.4, 0.5) is 0 Å². The maximum atomic E-state index is 4.35. The van der Waals surface area contributed by atoms with Crippen LogP contribution in [0.3, 0.4) is 0 Å². The van der Waals surface area contributed by atoms with Crippen LogP contribution in [0.5, 0.6) is 0 Å². The maximum absolute atomic E-state index is 4.35. The van der Waals surface area contributed by atoms with Crippen molar-refractivity contribution in [1.82, 2.24) is 15.1 Å². The van der Waals surface area contributed by atoms with Crippen molar-refractivity contribution in [2.45, 2.75) is 26.3 Å². The summed E-state index contributed by atoms with van der Waals surface area (Å²) in [5.41, 5.74) is 1.38. The van der Waals surface area contributed by atoms with Crippen LogP contribution in [0, 0.1) is 5.92 Å². The van der Waals surface area contributed by atoms with E-state index in [1.165, 1.54) is 12.1 Å². The first-order valence-corrected chi connectivity index (χ1v) is 5.11. The molecule has 0 unspecified atom stereocenters. The van der Waals surface area contributed by atoms with Crippen LogP contribution in [-0.4, -0.2) is 22.9 Å². The summed E-state index contributed by atoms with van der Waals surface area (Å²) in [7, 11) is 0. The van der Waals surface area contributed by atoms with Crippen molar-refractivity contribution in [3.8, 4) is 0 Å². The third-order valence-electron chi connectivity index (χ3n) is 2.61. The molecule has 0 saturated carbocycles. The van der Waals surface area contributed by atoms with Gasteiger partial charge in [-0.15, -0.1) is 0 Å². The zero-order valence-corrected chi connectivity index (χ0v) is 8.16. The summed E-state index contributed by atoms with van der Waals surface area (Å²) in [5, 5.41) is 7.63. The number of rotatable bonds is 4. The second-order valence-electron chi connectivity index (χ2n) is 3.78. The van der Waals surface area contributed by atoms with Crippen LogP contribution in [0.25, 0.3) is 0 Å². The van der Waals surface area contributed by atoms with Crippen molar-refractivity contribution in [3.63, 3.8) is 0 Å². The van der Waals surface area contributed by atoms with Gasteiger partial charge >= 0.3 is 0 Å². The van der Waals surface area contributed by atoms with Crippen molar-refractivity contribution in [2.75, 3.05) is 13.1 Å². The fourth-order valence-electron chi connectivity index (χ4n) is 1.72. The maximum Gasteiger partial charge on any atom is 0.0492 e. The molecule has 1 N–H and O–H groups in total. The lowest BCUT2D eigenvalue weighted by molar-refractivity contribution is 0.292. The molecule has 1 aromatic rings. The lowest BCUT2D eigenvalue weighted by atomic mass is 10.0. The first-order valence-electron chi connectivity index (χ1n) is 5.11. The van der Waals surface area contributed by atoms with Crippen LogP contribution in [0.2, 0.25) is 0 Å². The molecule has 1 aliphatic rings. The Morgan fingerprint density at radius 1 is 1.62 bits per heavy atom. The summed E-state index contributed by atoms with van der Waals surface area (Å²) in [6.07, 6.45) is 4.27. The van der Waals surface area contributed by atoms with Crippen LogP contribution in [-0.2, 0) is 13.0 Å². The van der Waals surface area contributed by atoms with Gasteiger partial charge in [-0.2, -0.15) is 5.10 Å². The highest BCUT2D eigenvalue weighted by molar-refractivity contribution is 5.01. The third kappa shape index (κ3) is 1.91. The van der Waals surface area contributed by atoms with Crippen molar-refractivity contribution in [1.29, 1.82) is 0 Å². The minimum absolute atomic E-state index is 0.801. The van der Waals surface area contributed by atoms with Gasteiger partial charge in [-0.05, 0) is 12.5 Å². The normalized spacial score (nSPS) is 17.3. The predicted octanol–water partition coefficient (Wildman–Crippen LogP) is 1.05. The summed E-state index contributed by atoms with van der Waals surface area (Å²) in [5.74, 6) is 0.801. The Balaban J connectivity index is 1.96. The van der Waals surface area contributed by atoms with Gasteiger partial charge in [0.05, 0.1) is 0 Å². The van der Waals surface area contributed by atoms with Gasteiger partial charge in [-0.25, -0.2) is 0 Å². The van der Waals surface area contributed by atoms with E-state index in [0.717, 1.165) is 32.0 Å². The Hall–Kier alpha value is -0.830. The van der Waals surface area contributed by atoms with E-state index in [9.17, 15) is 0 Å². The molecule has 3 heteroatoms. The van der Waals surface area contributed by atoms with Gasteiger partial charge in [0.25, 0.3) is 0 Å². The molecule has 0 radical (unpaired) electrons. The molecular formula is C10H17N3. The fraction of sp³-hybridized carbons (Fsp3) is 0.700. The number of hydrogen-bond donors (Lipinski definition) is 1. The van der Waals surface area contributed by atoms with E-state index in [-0.39, 0.29) is 0 Å². The first kappa shape index (κ1) is 8.75. The highest BCUT2D eigenvalue weighted by Gasteiger charge is 2.18. The number of nitrogens with one attached hydrogen (secondary N) is 1. The smallest absolute Gasteiger partial charge is 0.0492 e. The van der Waals surface area contributed by atoms with Crippen molar-refractivity contribution < 1.29 is 0 Å². The first-order chi connectivity index (χ1) is 6.40. The van der Waals surface area contributed by atoms with E-state index in [4.69, 9.17) is 0 Å². The SMILES string of the molecule is CCCc1ccnn1CC1CNC1. The largest absolute Gasteiger partial charge is 0.316 e. The molecule has 0 spiro atoms. The van der Waals surface area contributed by atoms with Gasteiger partial charge in [0.1, 0.15) is 0 Å². The van der Waals surface area contributed by atoms with Crippen molar-refractivity contribution in [2.24, 2.45) is 5.92 Å². The minimum Gasteiger partial charge on any atom is -0.316 e. The van der Waals surface area contributed by atoms with E-state index in [1.807, 2.05) is 6.20 Å². The number of aryl methyl sites for hydroxylation is 1. The van der Waals surface area contributed by atoms with Crippen LogP contribution >= 0.6 is 0 Å². The van der Waals surface area contributed by atoms with Crippen LogP contribution < -0.4 is 5.32 Å². The van der Waals surface area contributed by atoms with E-state index >= 15 is 0 Å². The third-order valence-corrected chi connectivity index (χ3v) is 2.61. The molecule has 1 aliphatic heterocycles. The van der Waals surface area contributed by atoms with E-state index in [0.29, 0.717) is 0 Å². The Morgan fingerprint density at radius 2 is 2.46 bits per heavy atom. The topological polar surface area (TPSA) is 29.9 Å². The van der Waals surface area contributed by atoms with Gasteiger partial charge in [-0.1, -0.05) is 13.3 Å². The molecule has 0 atom stereocenters. The highest BCUT2D eigenvalue weighted by atomic mass is 15.3. The Morgan fingerprint density at radius 3 is 3.08 bits per heavy atom. The Labute approximate surface area is 79.1 Å². The number of hydrogen-bond acceptors (Lipinski definition) is 2. The predicted molar refractivity (Wildman–Crippen MR) is 52.6 cm³/mol. The molecule has 0 aromatic carbocycles. The Kier molecular flexibility index (Phi) is 2.64. The number of aromatic nitrogens is 2. The highest BCUT2D eigenvalue weighted by Crippen LogP contribution is 2.09. The zero-order valence-electron chi connectivity index (χ0n) is 8.16. The van der Waals surface area contributed by atoms with Gasteiger partial charge in [-0.3, -0.25) is 4.68 Å². The lowest BCUT2D eigenvalue weighted by Gasteiger charge is -2.27. The molecular weight excluding hydrogens is 162 g/mol. The van der Waals surface area contributed by atoms with Gasteiger partial charge < -0.3 is 5.32 Å². The standard InChI is InChI=1S/C10H17N3/c1-2-3-10-4-5-12-13(10)8-9-6-11-7-9/h4-5,9,11H,2-3,6-8H2,1H3. The molecule has 72 valence electrons. The summed E-state index contributed by atoms with van der Waals surface area (Å²) in [6.45, 7) is 5.62. The molecule has 0 aliphatic carbocycles. The molecule has 0 amide bonds. The zero-order chi connectivity index (χ0) is 9.10. The molecule has 2 rings (SSSR count). The molecule has 0 bridgehead atoms. The van der Waals surface area contributed by atoms with E-state index in [1.54, 1.807) is 0 Å². The molecule has 3 nitrogen and oxygen atoms in total. The van der Waals surface area contributed by atoms with Gasteiger partial charge in [0.2, 0.25) is 0 Å². The summed E-state index contributed by atoms with van der Waals surface area (Å²) < 4.78 is 2.16. The quantitative estimate of drug-likeness (QED) is 0.749. The van der Waals surface area contributed by atoms with Crippen LogP contribution in [0.15, 0.2) is 12.3 Å². The van der Waals surface area contributed by atoms with Gasteiger partial charge in [0.15, 0.2) is 0 Å². The molecule has 1 saturated heterocycles. The minimum atomic E-state index is 0.801. The molecule has 1 fully saturated rings. The van der Waals surface area contributed by atoms with Crippen molar-refractivity contribution >= 4 is 0 Å². The average Bonchev–Trinajstić information content (AvgIpc) is 2.46. The van der Waals surface area contributed by atoms with Gasteiger partial charge in [0, 0.05) is 37.4 Å². The summed E-state index contributed by atoms with van der Waals surface area (Å²) in [4.78, 5) is 0. The second-order valence-corrected chi connectivity index (χ2v) is 3.78. The second kappa shape index (κ2) is 3.92. The fourth-order valence-corrected chi connectivity index (χ4v) is 1.72. The number of nitrogens with zero attached hydrogens (tertiary/aromatic N) is 2. The molecule has 1 aromatic heterocycles. The molecule has 2 heterocycles. The Bertz CT molecular complexity index is 263. The van der Waals surface area contributed by atoms with E-state index < -0.39 is 0 Å².